The van der Waals surface area contributed by atoms with E-state index in [-0.39, 0.29) is 0 Å². The molecule has 1 N–H and O–H groups in total. The van der Waals surface area contributed by atoms with Crippen molar-refractivity contribution in [1.82, 2.24) is 4.90 Å². The van der Waals surface area contributed by atoms with Gasteiger partial charge in [-0.15, -0.1) is 0 Å². The number of nitrogens with one attached hydrogen (secondary N) is 1. The standard InChI is InChI=1S/C12H22N2/c1-14(12(13)10-8-9-10)11-6-4-2-3-5-7-11/h10-11,13H,2-9H2,1H3. The third kappa shape index (κ3) is 2.28. The number of rotatable bonds is 2. The van der Waals surface area contributed by atoms with Gasteiger partial charge in [0.1, 0.15) is 0 Å². The summed E-state index contributed by atoms with van der Waals surface area (Å²) in [5.41, 5.74) is 0. The minimum Gasteiger partial charge on any atom is -0.360 e. The van der Waals surface area contributed by atoms with E-state index in [0.29, 0.717) is 12.0 Å². The first-order valence-corrected chi connectivity index (χ1v) is 6.10. The van der Waals surface area contributed by atoms with Crippen LogP contribution in [0.4, 0.5) is 0 Å². The Hall–Kier alpha value is -0.530. The predicted molar refractivity (Wildman–Crippen MR) is 59.7 cm³/mol. The SMILES string of the molecule is CN(C(=N)C1CC1)C1CCCCCC1. The van der Waals surface area contributed by atoms with Crippen molar-refractivity contribution in [3.05, 3.63) is 0 Å². The molecule has 14 heavy (non-hydrogen) atoms. The average molecular weight is 194 g/mol. The van der Waals surface area contributed by atoms with Gasteiger partial charge < -0.3 is 4.90 Å². The normalized spacial score (nSPS) is 24.4. The van der Waals surface area contributed by atoms with Crippen molar-refractivity contribution in [2.75, 3.05) is 7.05 Å². The fraction of sp³-hybridized carbons (Fsp3) is 0.917. The lowest BCUT2D eigenvalue weighted by Gasteiger charge is -2.29. The summed E-state index contributed by atoms with van der Waals surface area (Å²) >= 11 is 0. The number of amidine groups is 1. The Labute approximate surface area is 87.2 Å². The summed E-state index contributed by atoms with van der Waals surface area (Å²) in [5.74, 6) is 1.53. The number of hydrogen-bond acceptors (Lipinski definition) is 1. The van der Waals surface area contributed by atoms with E-state index in [1.165, 1.54) is 51.4 Å². The van der Waals surface area contributed by atoms with Crippen molar-refractivity contribution < 1.29 is 0 Å². The Morgan fingerprint density at radius 1 is 1.00 bits per heavy atom. The lowest BCUT2D eigenvalue weighted by atomic mass is 10.1. The molecule has 0 aromatic carbocycles. The van der Waals surface area contributed by atoms with Gasteiger partial charge in [-0.3, -0.25) is 5.41 Å². The molecule has 0 aliphatic heterocycles. The zero-order valence-electron chi connectivity index (χ0n) is 9.26. The van der Waals surface area contributed by atoms with Crippen LogP contribution < -0.4 is 0 Å². The van der Waals surface area contributed by atoms with Crippen LogP contribution in [0.15, 0.2) is 0 Å². The van der Waals surface area contributed by atoms with E-state index in [2.05, 4.69) is 11.9 Å². The molecular weight excluding hydrogens is 172 g/mol. The van der Waals surface area contributed by atoms with Gasteiger partial charge in [0.05, 0.1) is 5.84 Å². The molecule has 2 aliphatic carbocycles. The third-order valence-electron chi connectivity index (χ3n) is 3.72. The first kappa shape index (κ1) is 10.0. The molecule has 2 heteroatoms. The second-order valence-corrected chi connectivity index (χ2v) is 4.92. The summed E-state index contributed by atoms with van der Waals surface area (Å²) in [6.45, 7) is 0. The largest absolute Gasteiger partial charge is 0.360 e. The predicted octanol–water partition coefficient (Wildman–Crippen LogP) is 3.03. The molecule has 0 heterocycles. The molecule has 0 spiro atoms. The van der Waals surface area contributed by atoms with Crippen molar-refractivity contribution in [3.63, 3.8) is 0 Å². The zero-order chi connectivity index (χ0) is 9.97. The third-order valence-corrected chi connectivity index (χ3v) is 3.72. The van der Waals surface area contributed by atoms with Gasteiger partial charge in [0, 0.05) is 19.0 Å². The molecule has 0 atom stereocenters. The van der Waals surface area contributed by atoms with Gasteiger partial charge in [-0.2, -0.15) is 0 Å². The maximum Gasteiger partial charge on any atom is 0.0989 e. The summed E-state index contributed by atoms with van der Waals surface area (Å²) in [7, 11) is 2.14. The van der Waals surface area contributed by atoms with Gasteiger partial charge >= 0.3 is 0 Å². The molecular formula is C12H22N2. The average Bonchev–Trinajstić information content (AvgIpc) is 3.02. The molecule has 80 valence electrons. The monoisotopic (exact) mass is 194 g/mol. The number of nitrogens with zero attached hydrogens (tertiary/aromatic N) is 1. The molecule has 0 bridgehead atoms. The second-order valence-electron chi connectivity index (χ2n) is 4.92. The van der Waals surface area contributed by atoms with E-state index in [0.717, 1.165) is 5.84 Å². The van der Waals surface area contributed by atoms with Gasteiger partial charge in [0.2, 0.25) is 0 Å². The number of hydrogen-bond donors (Lipinski definition) is 1. The van der Waals surface area contributed by atoms with Crippen LogP contribution in [0.1, 0.15) is 51.4 Å². The van der Waals surface area contributed by atoms with Crippen molar-refractivity contribution in [2.24, 2.45) is 5.92 Å². The van der Waals surface area contributed by atoms with Crippen LogP contribution in [0.3, 0.4) is 0 Å². The topological polar surface area (TPSA) is 27.1 Å². The Morgan fingerprint density at radius 2 is 1.57 bits per heavy atom. The minimum absolute atomic E-state index is 0.614. The van der Waals surface area contributed by atoms with E-state index in [1.807, 2.05) is 0 Å². The van der Waals surface area contributed by atoms with Crippen molar-refractivity contribution in [1.29, 1.82) is 5.41 Å². The van der Waals surface area contributed by atoms with E-state index in [9.17, 15) is 0 Å². The van der Waals surface area contributed by atoms with Crippen LogP contribution in [0.2, 0.25) is 0 Å². The van der Waals surface area contributed by atoms with Crippen LogP contribution in [-0.4, -0.2) is 23.8 Å². The highest BCUT2D eigenvalue weighted by molar-refractivity contribution is 5.83. The summed E-state index contributed by atoms with van der Waals surface area (Å²) < 4.78 is 0. The fourth-order valence-corrected chi connectivity index (χ4v) is 2.49. The van der Waals surface area contributed by atoms with Crippen molar-refractivity contribution in [2.45, 2.75) is 57.4 Å². The van der Waals surface area contributed by atoms with Gasteiger partial charge in [-0.1, -0.05) is 25.7 Å². The van der Waals surface area contributed by atoms with Crippen LogP contribution in [0.5, 0.6) is 0 Å². The van der Waals surface area contributed by atoms with Gasteiger partial charge in [0.25, 0.3) is 0 Å². The van der Waals surface area contributed by atoms with Gasteiger partial charge in [-0.05, 0) is 25.7 Å². The summed E-state index contributed by atoms with van der Waals surface area (Å²) in [6.07, 6.45) is 10.7. The minimum atomic E-state index is 0.614. The lowest BCUT2D eigenvalue weighted by molar-refractivity contribution is 0.321. The zero-order valence-corrected chi connectivity index (χ0v) is 9.26. The highest BCUT2D eigenvalue weighted by atomic mass is 15.2. The quantitative estimate of drug-likeness (QED) is 0.408. The fourth-order valence-electron chi connectivity index (χ4n) is 2.49. The molecule has 0 amide bonds. The van der Waals surface area contributed by atoms with Crippen LogP contribution >= 0.6 is 0 Å². The molecule has 2 fully saturated rings. The summed E-state index contributed by atoms with van der Waals surface area (Å²) in [4.78, 5) is 2.27. The summed E-state index contributed by atoms with van der Waals surface area (Å²) in [6, 6.07) is 0.672. The maximum atomic E-state index is 8.05. The van der Waals surface area contributed by atoms with Crippen LogP contribution in [-0.2, 0) is 0 Å². The Morgan fingerprint density at radius 3 is 2.07 bits per heavy atom. The van der Waals surface area contributed by atoms with Crippen molar-refractivity contribution in [3.8, 4) is 0 Å². The molecule has 2 saturated carbocycles. The molecule has 2 aliphatic rings. The van der Waals surface area contributed by atoms with Crippen LogP contribution in [0.25, 0.3) is 0 Å². The highest BCUT2D eigenvalue weighted by Crippen LogP contribution is 2.32. The van der Waals surface area contributed by atoms with E-state index >= 15 is 0 Å². The van der Waals surface area contributed by atoms with Crippen LogP contribution in [0, 0.1) is 11.3 Å². The lowest BCUT2D eigenvalue weighted by Crippen LogP contribution is -2.37. The molecule has 0 saturated heterocycles. The molecule has 0 unspecified atom stereocenters. The molecule has 0 radical (unpaired) electrons. The van der Waals surface area contributed by atoms with Gasteiger partial charge in [0.15, 0.2) is 0 Å². The Balaban J connectivity index is 1.87. The van der Waals surface area contributed by atoms with E-state index in [1.54, 1.807) is 0 Å². The van der Waals surface area contributed by atoms with E-state index < -0.39 is 0 Å². The highest BCUT2D eigenvalue weighted by Gasteiger charge is 2.31. The van der Waals surface area contributed by atoms with Crippen molar-refractivity contribution >= 4 is 5.84 Å². The first-order valence-electron chi connectivity index (χ1n) is 6.10. The summed E-state index contributed by atoms with van der Waals surface area (Å²) in [5, 5.41) is 8.05. The molecule has 0 aromatic heterocycles. The maximum absolute atomic E-state index is 8.05. The van der Waals surface area contributed by atoms with E-state index in [4.69, 9.17) is 5.41 Å². The smallest absolute Gasteiger partial charge is 0.0989 e. The molecule has 0 aromatic rings. The van der Waals surface area contributed by atoms with Gasteiger partial charge in [-0.25, -0.2) is 0 Å². The Bertz CT molecular complexity index is 200. The second kappa shape index (κ2) is 4.33. The molecule has 2 nitrogen and oxygen atoms in total. The molecule has 2 rings (SSSR count). The first-order chi connectivity index (χ1) is 6.79. The Kier molecular flexibility index (Phi) is 3.09.